The van der Waals surface area contributed by atoms with Gasteiger partial charge in [-0.15, -0.1) is 0 Å². The van der Waals surface area contributed by atoms with Crippen LogP contribution in [0.3, 0.4) is 0 Å². The predicted molar refractivity (Wildman–Crippen MR) is 75.6 cm³/mol. The molecular formula is C15H25N3. The molecule has 18 heavy (non-hydrogen) atoms. The summed E-state index contributed by atoms with van der Waals surface area (Å²) in [7, 11) is 0. The third kappa shape index (κ3) is 3.21. The van der Waals surface area contributed by atoms with E-state index in [1.807, 2.05) is 0 Å². The molecule has 0 amide bonds. The molecule has 0 bridgehead atoms. The van der Waals surface area contributed by atoms with Gasteiger partial charge in [-0.3, -0.25) is 0 Å². The summed E-state index contributed by atoms with van der Waals surface area (Å²) in [6.07, 6.45) is 7.98. The minimum Gasteiger partial charge on any atom is -0.367 e. The first-order chi connectivity index (χ1) is 8.70. The maximum absolute atomic E-state index is 4.35. The van der Waals surface area contributed by atoms with Gasteiger partial charge in [-0.25, -0.2) is 9.97 Å². The molecule has 1 aromatic heterocycles. The number of aryl methyl sites for hydroxylation is 1. The van der Waals surface area contributed by atoms with Gasteiger partial charge in [-0.2, -0.15) is 0 Å². The third-order valence-corrected chi connectivity index (χ3v) is 4.09. The number of hydrogen-bond donors (Lipinski definition) is 1. The topological polar surface area (TPSA) is 37.8 Å². The number of anilines is 1. The van der Waals surface area contributed by atoms with E-state index in [2.05, 4.69) is 42.1 Å². The van der Waals surface area contributed by atoms with E-state index < -0.39 is 0 Å². The van der Waals surface area contributed by atoms with E-state index in [0.29, 0.717) is 6.04 Å². The summed E-state index contributed by atoms with van der Waals surface area (Å²) in [6.45, 7) is 6.80. The van der Waals surface area contributed by atoms with Crippen LogP contribution in [0.15, 0.2) is 12.4 Å². The highest BCUT2D eigenvalue weighted by molar-refractivity contribution is 5.36. The van der Waals surface area contributed by atoms with Crippen molar-refractivity contribution in [1.82, 2.24) is 9.97 Å². The second kappa shape index (κ2) is 6.17. The fourth-order valence-corrected chi connectivity index (χ4v) is 3.00. The van der Waals surface area contributed by atoms with Crippen LogP contribution in [-0.2, 0) is 6.42 Å². The first kappa shape index (κ1) is 13.3. The van der Waals surface area contributed by atoms with Crippen LogP contribution in [0, 0.1) is 11.8 Å². The first-order valence-electron chi connectivity index (χ1n) is 7.28. The molecule has 1 aromatic rings. The molecule has 1 N–H and O–H groups in total. The largest absolute Gasteiger partial charge is 0.367 e. The molecule has 3 nitrogen and oxygen atoms in total. The van der Waals surface area contributed by atoms with Crippen molar-refractivity contribution in [3.8, 4) is 0 Å². The second-order valence-corrected chi connectivity index (χ2v) is 5.69. The lowest BCUT2D eigenvalue weighted by Gasteiger charge is -2.35. The van der Waals surface area contributed by atoms with E-state index in [1.165, 1.54) is 25.7 Å². The van der Waals surface area contributed by atoms with E-state index >= 15 is 0 Å². The molecule has 0 saturated heterocycles. The molecule has 2 rings (SSSR count). The van der Waals surface area contributed by atoms with Crippen molar-refractivity contribution in [3.05, 3.63) is 18.1 Å². The Morgan fingerprint density at radius 2 is 2.06 bits per heavy atom. The normalized spacial score (nSPS) is 24.2. The van der Waals surface area contributed by atoms with Crippen molar-refractivity contribution in [2.24, 2.45) is 11.8 Å². The van der Waals surface area contributed by atoms with Crippen LogP contribution in [-0.4, -0.2) is 16.0 Å². The molecule has 1 aliphatic rings. The Labute approximate surface area is 110 Å². The Morgan fingerprint density at radius 1 is 1.28 bits per heavy atom. The summed E-state index contributed by atoms with van der Waals surface area (Å²) in [5.74, 6) is 2.52. The van der Waals surface area contributed by atoms with Gasteiger partial charge in [0, 0.05) is 17.8 Å². The maximum atomic E-state index is 4.35. The molecule has 0 aromatic carbocycles. The molecule has 1 fully saturated rings. The summed E-state index contributed by atoms with van der Waals surface area (Å²) in [4.78, 5) is 8.61. The average Bonchev–Trinajstić information content (AvgIpc) is 2.39. The van der Waals surface area contributed by atoms with Gasteiger partial charge in [-0.1, -0.05) is 33.6 Å². The highest BCUT2D eigenvalue weighted by Gasteiger charge is 2.27. The molecule has 0 spiro atoms. The van der Waals surface area contributed by atoms with Crippen molar-refractivity contribution in [3.63, 3.8) is 0 Å². The van der Waals surface area contributed by atoms with Crippen molar-refractivity contribution < 1.29 is 0 Å². The molecule has 3 heteroatoms. The van der Waals surface area contributed by atoms with Gasteiger partial charge >= 0.3 is 0 Å². The summed E-state index contributed by atoms with van der Waals surface area (Å²) >= 11 is 0. The Bertz CT molecular complexity index is 376. The number of aromatic nitrogens is 2. The lowest BCUT2D eigenvalue weighted by atomic mass is 9.78. The zero-order valence-corrected chi connectivity index (χ0v) is 11.8. The fourth-order valence-electron chi connectivity index (χ4n) is 3.00. The summed E-state index contributed by atoms with van der Waals surface area (Å²) in [5.41, 5.74) is 1.12. The van der Waals surface area contributed by atoms with Gasteiger partial charge in [0.2, 0.25) is 0 Å². The van der Waals surface area contributed by atoms with Gasteiger partial charge in [0.1, 0.15) is 12.1 Å². The number of nitrogens with zero attached hydrogens (tertiary/aromatic N) is 2. The van der Waals surface area contributed by atoms with Crippen molar-refractivity contribution in [1.29, 1.82) is 0 Å². The van der Waals surface area contributed by atoms with Gasteiger partial charge in [0.25, 0.3) is 0 Å². The van der Waals surface area contributed by atoms with Gasteiger partial charge in [-0.05, 0) is 31.1 Å². The van der Waals surface area contributed by atoms with Gasteiger partial charge < -0.3 is 5.32 Å². The van der Waals surface area contributed by atoms with Crippen LogP contribution in [0.1, 0.15) is 52.1 Å². The van der Waals surface area contributed by atoms with E-state index in [1.54, 1.807) is 6.33 Å². The van der Waals surface area contributed by atoms with Crippen LogP contribution < -0.4 is 5.32 Å². The number of nitrogens with one attached hydrogen (secondary N) is 1. The lowest BCUT2D eigenvalue weighted by Crippen LogP contribution is -2.35. The monoisotopic (exact) mass is 247 g/mol. The summed E-state index contributed by atoms with van der Waals surface area (Å²) in [6, 6.07) is 2.67. The first-order valence-corrected chi connectivity index (χ1v) is 7.28. The van der Waals surface area contributed by atoms with Crippen LogP contribution in [0.5, 0.6) is 0 Å². The quantitative estimate of drug-likeness (QED) is 0.882. The van der Waals surface area contributed by atoms with Crippen LogP contribution in [0.25, 0.3) is 0 Å². The molecule has 1 heterocycles. The standard InChI is InChI=1S/C15H25N3/c1-4-12-9-15(17-10-16-12)18-14-8-6-5-7-13(14)11(2)3/h9-11,13-14H,4-8H2,1-3H3,(H,16,17,18). The Balaban J connectivity index is 2.05. The maximum Gasteiger partial charge on any atom is 0.129 e. The highest BCUT2D eigenvalue weighted by Crippen LogP contribution is 2.31. The predicted octanol–water partition coefficient (Wildman–Crippen LogP) is 3.67. The minimum atomic E-state index is 0.582. The molecule has 0 radical (unpaired) electrons. The third-order valence-electron chi connectivity index (χ3n) is 4.09. The number of hydrogen-bond acceptors (Lipinski definition) is 3. The SMILES string of the molecule is CCc1cc(NC2CCCCC2C(C)C)ncn1. The molecule has 100 valence electrons. The fraction of sp³-hybridized carbons (Fsp3) is 0.733. The van der Waals surface area contributed by atoms with E-state index in [-0.39, 0.29) is 0 Å². The molecule has 2 unspecified atom stereocenters. The minimum absolute atomic E-state index is 0.582. The smallest absolute Gasteiger partial charge is 0.129 e. The molecular weight excluding hydrogens is 222 g/mol. The molecule has 0 aliphatic heterocycles. The van der Waals surface area contributed by atoms with Crippen LogP contribution in [0.4, 0.5) is 5.82 Å². The zero-order valence-electron chi connectivity index (χ0n) is 11.8. The Kier molecular flexibility index (Phi) is 4.56. The van der Waals surface area contributed by atoms with Crippen molar-refractivity contribution in [2.45, 2.75) is 58.9 Å². The summed E-state index contributed by atoms with van der Waals surface area (Å²) < 4.78 is 0. The molecule has 1 aliphatic carbocycles. The van der Waals surface area contributed by atoms with Gasteiger partial charge in [0.15, 0.2) is 0 Å². The number of rotatable bonds is 4. The van der Waals surface area contributed by atoms with Crippen molar-refractivity contribution >= 4 is 5.82 Å². The molecule has 2 atom stereocenters. The van der Waals surface area contributed by atoms with Crippen LogP contribution >= 0.6 is 0 Å². The molecule has 1 saturated carbocycles. The average molecular weight is 247 g/mol. The van der Waals surface area contributed by atoms with E-state index in [0.717, 1.165) is 29.8 Å². The van der Waals surface area contributed by atoms with Crippen molar-refractivity contribution in [2.75, 3.05) is 5.32 Å². The second-order valence-electron chi connectivity index (χ2n) is 5.69. The summed E-state index contributed by atoms with van der Waals surface area (Å²) in [5, 5.41) is 3.64. The van der Waals surface area contributed by atoms with Gasteiger partial charge in [0.05, 0.1) is 0 Å². The lowest BCUT2D eigenvalue weighted by molar-refractivity contribution is 0.253. The zero-order chi connectivity index (χ0) is 13.0. The van der Waals surface area contributed by atoms with E-state index in [4.69, 9.17) is 0 Å². The Morgan fingerprint density at radius 3 is 2.78 bits per heavy atom. The Hall–Kier alpha value is -1.12. The van der Waals surface area contributed by atoms with E-state index in [9.17, 15) is 0 Å². The van der Waals surface area contributed by atoms with Crippen LogP contribution in [0.2, 0.25) is 0 Å². The highest BCUT2D eigenvalue weighted by atomic mass is 15.0.